The van der Waals surface area contributed by atoms with Crippen LogP contribution in [-0.4, -0.2) is 51.7 Å². The number of carboxylic acid groups (broad SMARTS) is 1. The third-order valence-electron chi connectivity index (χ3n) is 2.06. The zero-order valence-electron chi connectivity index (χ0n) is 7.12. The number of aliphatic hydroxyl groups is 2. The van der Waals surface area contributed by atoms with E-state index in [0.717, 1.165) is 0 Å². The van der Waals surface area contributed by atoms with Gasteiger partial charge in [0.05, 0.1) is 0 Å². The van der Waals surface area contributed by atoms with E-state index in [9.17, 15) is 15.0 Å². The third kappa shape index (κ3) is 1.80. The number of rotatable bonds is 2. The summed E-state index contributed by atoms with van der Waals surface area (Å²) in [6.45, 7) is 1.57. The maximum absolute atomic E-state index is 10.5. The Morgan fingerprint density at radius 1 is 1.46 bits per heavy atom. The summed E-state index contributed by atoms with van der Waals surface area (Å²) in [7, 11) is 0. The minimum atomic E-state index is -1.41. The van der Waals surface area contributed by atoms with Crippen LogP contribution in [-0.2, 0) is 9.53 Å². The summed E-state index contributed by atoms with van der Waals surface area (Å²) in [6.07, 6.45) is -4.85. The number of hydrogen-bond donors (Lipinski definition) is 4. The summed E-state index contributed by atoms with van der Waals surface area (Å²) in [6, 6.07) is -0.519. The second-order valence-electron chi connectivity index (χ2n) is 3.20. The Labute approximate surface area is 74.9 Å². The van der Waals surface area contributed by atoms with Crippen LogP contribution in [0.1, 0.15) is 6.92 Å². The van der Waals surface area contributed by atoms with E-state index in [-0.39, 0.29) is 0 Å². The third-order valence-corrected chi connectivity index (χ3v) is 2.06. The summed E-state index contributed by atoms with van der Waals surface area (Å²) in [5.41, 5.74) is 5.42. The fourth-order valence-electron chi connectivity index (χ4n) is 1.34. The maximum Gasteiger partial charge on any atom is 0.335 e. The van der Waals surface area contributed by atoms with Gasteiger partial charge in [0.25, 0.3) is 0 Å². The van der Waals surface area contributed by atoms with Crippen molar-refractivity contribution >= 4 is 5.97 Å². The Morgan fingerprint density at radius 2 is 2.00 bits per heavy atom. The minimum absolute atomic E-state index is 0.519. The molecule has 0 aliphatic carbocycles. The molecule has 0 aromatic heterocycles. The van der Waals surface area contributed by atoms with Gasteiger partial charge in [-0.2, -0.15) is 0 Å². The fraction of sp³-hybridized carbons (Fsp3) is 0.857. The molecule has 0 bridgehead atoms. The lowest BCUT2D eigenvalue weighted by atomic mass is 10.0. The SMILES string of the molecule is C[C@H](N)[C@@H]1O[C@H](C(=O)O)[C@@H](O)[C@H]1O. The van der Waals surface area contributed by atoms with E-state index in [4.69, 9.17) is 15.6 Å². The zero-order valence-corrected chi connectivity index (χ0v) is 7.12. The molecule has 76 valence electrons. The summed E-state index contributed by atoms with van der Waals surface area (Å²) >= 11 is 0. The first-order valence-corrected chi connectivity index (χ1v) is 3.95. The van der Waals surface area contributed by atoms with Crippen molar-refractivity contribution in [2.24, 2.45) is 5.73 Å². The van der Waals surface area contributed by atoms with Crippen molar-refractivity contribution in [3.63, 3.8) is 0 Å². The van der Waals surface area contributed by atoms with Crippen LogP contribution in [0, 0.1) is 0 Å². The molecule has 0 aromatic rings. The molecular weight excluding hydrogens is 178 g/mol. The Bertz CT molecular complexity index is 207. The normalized spacial score (nSPS) is 41.8. The molecule has 6 nitrogen and oxygen atoms in total. The second kappa shape index (κ2) is 3.59. The summed E-state index contributed by atoms with van der Waals surface area (Å²) in [4.78, 5) is 10.5. The van der Waals surface area contributed by atoms with Gasteiger partial charge < -0.3 is 25.8 Å². The van der Waals surface area contributed by atoms with Crippen molar-refractivity contribution in [1.29, 1.82) is 0 Å². The molecule has 1 fully saturated rings. The Balaban J connectivity index is 2.72. The topological polar surface area (TPSA) is 113 Å². The van der Waals surface area contributed by atoms with E-state index in [1.165, 1.54) is 0 Å². The fourth-order valence-corrected chi connectivity index (χ4v) is 1.34. The molecule has 5 N–H and O–H groups in total. The molecule has 13 heavy (non-hydrogen) atoms. The zero-order chi connectivity index (χ0) is 10.2. The average Bonchev–Trinajstić information content (AvgIpc) is 2.29. The molecule has 6 heteroatoms. The highest BCUT2D eigenvalue weighted by atomic mass is 16.6. The number of aliphatic hydroxyl groups excluding tert-OH is 2. The summed E-state index contributed by atoms with van der Waals surface area (Å²) in [5, 5.41) is 27.1. The van der Waals surface area contributed by atoms with Gasteiger partial charge in [-0.1, -0.05) is 0 Å². The van der Waals surface area contributed by atoms with Crippen LogP contribution in [0.3, 0.4) is 0 Å². The van der Waals surface area contributed by atoms with Gasteiger partial charge in [0.1, 0.15) is 18.3 Å². The molecule has 0 unspecified atom stereocenters. The summed E-state index contributed by atoms with van der Waals surface area (Å²) < 4.78 is 4.88. The quantitative estimate of drug-likeness (QED) is 0.398. The first-order valence-electron chi connectivity index (χ1n) is 3.95. The number of carbonyl (C=O) groups is 1. The lowest BCUT2D eigenvalue weighted by molar-refractivity contribution is -0.153. The van der Waals surface area contributed by atoms with Crippen molar-refractivity contribution in [2.45, 2.75) is 37.4 Å². The van der Waals surface area contributed by atoms with Gasteiger partial charge in [0, 0.05) is 6.04 Å². The number of ether oxygens (including phenoxy) is 1. The molecule has 1 aliphatic heterocycles. The monoisotopic (exact) mass is 191 g/mol. The second-order valence-corrected chi connectivity index (χ2v) is 3.20. The largest absolute Gasteiger partial charge is 0.479 e. The van der Waals surface area contributed by atoms with Gasteiger partial charge in [-0.05, 0) is 6.92 Å². The van der Waals surface area contributed by atoms with Crippen molar-refractivity contribution in [3.8, 4) is 0 Å². The molecular formula is C7H13NO5. The van der Waals surface area contributed by atoms with Gasteiger partial charge in [-0.3, -0.25) is 0 Å². The van der Waals surface area contributed by atoms with Crippen LogP contribution in [0.2, 0.25) is 0 Å². The number of hydrogen-bond acceptors (Lipinski definition) is 5. The van der Waals surface area contributed by atoms with Crippen LogP contribution in [0.15, 0.2) is 0 Å². The number of nitrogens with two attached hydrogens (primary N) is 1. The van der Waals surface area contributed by atoms with Crippen LogP contribution in [0.5, 0.6) is 0 Å². The predicted octanol–water partition coefficient (Wildman–Crippen LogP) is -2.09. The van der Waals surface area contributed by atoms with Gasteiger partial charge in [-0.15, -0.1) is 0 Å². The predicted molar refractivity (Wildman–Crippen MR) is 42.0 cm³/mol. The van der Waals surface area contributed by atoms with Crippen LogP contribution in [0.4, 0.5) is 0 Å². The van der Waals surface area contributed by atoms with Crippen molar-refractivity contribution in [2.75, 3.05) is 0 Å². The van der Waals surface area contributed by atoms with Gasteiger partial charge >= 0.3 is 5.97 Å². The molecule has 5 atom stereocenters. The molecule has 1 rings (SSSR count). The standard InChI is InChI=1S/C7H13NO5/c1-2(8)5-3(9)4(10)6(13-5)7(11)12/h2-6,9-10H,8H2,1H3,(H,11,12)/t2-,3+,4-,5-,6-/m0/s1. The van der Waals surface area contributed by atoms with Gasteiger partial charge in [0.2, 0.25) is 0 Å². The Morgan fingerprint density at radius 3 is 2.23 bits per heavy atom. The smallest absolute Gasteiger partial charge is 0.335 e. The molecule has 0 radical (unpaired) electrons. The first kappa shape index (κ1) is 10.4. The molecule has 0 aromatic carbocycles. The van der Waals surface area contributed by atoms with E-state index in [2.05, 4.69) is 0 Å². The molecule has 1 heterocycles. The molecule has 1 saturated heterocycles. The highest BCUT2D eigenvalue weighted by Gasteiger charge is 2.47. The number of carboxylic acids is 1. The molecule has 0 amide bonds. The van der Waals surface area contributed by atoms with Crippen LogP contribution >= 0.6 is 0 Å². The van der Waals surface area contributed by atoms with E-state index in [1.807, 2.05) is 0 Å². The highest BCUT2D eigenvalue weighted by molar-refractivity contribution is 5.73. The molecule has 0 saturated carbocycles. The highest BCUT2D eigenvalue weighted by Crippen LogP contribution is 2.22. The van der Waals surface area contributed by atoms with Gasteiger partial charge in [0.15, 0.2) is 6.10 Å². The lowest BCUT2D eigenvalue weighted by Gasteiger charge is -2.17. The van der Waals surface area contributed by atoms with Crippen LogP contribution < -0.4 is 5.73 Å². The molecule has 1 aliphatic rings. The van der Waals surface area contributed by atoms with Gasteiger partial charge in [-0.25, -0.2) is 4.79 Å². The van der Waals surface area contributed by atoms with Crippen molar-refractivity contribution in [3.05, 3.63) is 0 Å². The van der Waals surface area contributed by atoms with E-state index in [1.54, 1.807) is 6.92 Å². The first-order chi connectivity index (χ1) is 5.95. The lowest BCUT2D eigenvalue weighted by Crippen LogP contribution is -2.41. The Hall–Kier alpha value is -0.690. The van der Waals surface area contributed by atoms with Crippen molar-refractivity contribution < 1.29 is 24.9 Å². The molecule has 0 spiro atoms. The number of aliphatic carboxylic acids is 1. The Kier molecular flexibility index (Phi) is 2.87. The van der Waals surface area contributed by atoms with Crippen molar-refractivity contribution in [1.82, 2.24) is 0 Å². The van der Waals surface area contributed by atoms with E-state index in [0.29, 0.717) is 0 Å². The van der Waals surface area contributed by atoms with E-state index >= 15 is 0 Å². The summed E-state index contributed by atoms with van der Waals surface area (Å²) in [5.74, 6) is -1.30. The minimum Gasteiger partial charge on any atom is -0.479 e. The van der Waals surface area contributed by atoms with Crippen LogP contribution in [0.25, 0.3) is 0 Å². The maximum atomic E-state index is 10.5. The average molecular weight is 191 g/mol. The van der Waals surface area contributed by atoms with E-state index < -0.39 is 36.4 Å².